The molecule has 3 amide bonds. The lowest BCUT2D eigenvalue weighted by Gasteiger charge is -2.33. The van der Waals surface area contributed by atoms with E-state index in [4.69, 9.17) is 4.74 Å². The average molecular weight is 530 g/mol. The summed E-state index contributed by atoms with van der Waals surface area (Å²) < 4.78 is 5.53. The van der Waals surface area contributed by atoms with Crippen LogP contribution in [0.15, 0.2) is 60.7 Å². The second kappa shape index (κ2) is 9.70. The number of carbonyl (C=O) groups is 2. The normalized spacial score (nSPS) is 18.7. The average Bonchev–Trinajstić information content (AvgIpc) is 3.43. The Balaban J connectivity index is 1.50. The molecule has 0 saturated carbocycles. The van der Waals surface area contributed by atoms with Gasteiger partial charge >= 0.3 is 6.03 Å². The van der Waals surface area contributed by atoms with Crippen molar-refractivity contribution in [1.29, 1.82) is 0 Å². The van der Waals surface area contributed by atoms with Crippen molar-refractivity contribution >= 4 is 35.1 Å². The molecule has 1 spiro atoms. The monoisotopic (exact) mass is 529 g/mol. The van der Waals surface area contributed by atoms with E-state index in [0.29, 0.717) is 24.6 Å². The van der Waals surface area contributed by atoms with Crippen LogP contribution in [0.5, 0.6) is 5.75 Å². The largest absolute Gasteiger partial charge is 0.497 e. The molecule has 1 N–H and O–H groups in total. The number of ether oxygens (including phenoxy) is 1. The van der Waals surface area contributed by atoms with E-state index >= 15 is 0 Å². The van der Waals surface area contributed by atoms with E-state index in [2.05, 4.69) is 50.4 Å². The summed E-state index contributed by atoms with van der Waals surface area (Å²) >= 11 is 1.51. The van der Waals surface area contributed by atoms with Gasteiger partial charge in [0.1, 0.15) is 5.75 Å². The first-order chi connectivity index (χ1) is 18.0. The number of nitrogens with zero attached hydrogens (tertiary/aromatic N) is 2. The number of methoxy groups -OCH3 is 1. The van der Waals surface area contributed by atoms with Gasteiger partial charge in [-0.05, 0) is 71.8 Å². The van der Waals surface area contributed by atoms with Gasteiger partial charge in [0, 0.05) is 23.5 Å². The molecule has 1 unspecified atom stereocenters. The van der Waals surface area contributed by atoms with Crippen molar-refractivity contribution in [2.45, 2.75) is 51.4 Å². The van der Waals surface area contributed by atoms with Gasteiger partial charge in [-0.3, -0.25) is 9.69 Å². The molecule has 1 fully saturated rings. The van der Waals surface area contributed by atoms with Gasteiger partial charge in [-0.2, -0.15) is 0 Å². The lowest BCUT2D eigenvalue weighted by Crippen LogP contribution is -2.51. The van der Waals surface area contributed by atoms with Crippen molar-refractivity contribution in [1.82, 2.24) is 4.90 Å². The second-order valence-electron chi connectivity index (χ2n) is 11.1. The first-order valence-corrected chi connectivity index (χ1v) is 13.9. The van der Waals surface area contributed by atoms with Crippen molar-refractivity contribution in [3.8, 4) is 5.75 Å². The number of amides is 3. The molecule has 3 aromatic rings. The minimum absolute atomic E-state index is 0.0551. The van der Waals surface area contributed by atoms with Crippen LogP contribution in [0.25, 0.3) is 0 Å². The highest BCUT2D eigenvalue weighted by Gasteiger charge is 2.59. The van der Waals surface area contributed by atoms with Crippen molar-refractivity contribution in [3.63, 3.8) is 0 Å². The molecule has 1 saturated heterocycles. The molecule has 38 heavy (non-hydrogen) atoms. The van der Waals surface area contributed by atoms with Crippen LogP contribution >= 0.6 is 11.8 Å². The molecule has 2 heterocycles. The fourth-order valence-electron chi connectivity index (χ4n) is 5.18. The van der Waals surface area contributed by atoms with Crippen LogP contribution in [-0.2, 0) is 21.6 Å². The summed E-state index contributed by atoms with van der Waals surface area (Å²) in [7, 11) is 1.62. The highest BCUT2D eigenvalue weighted by molar-refractivity contribution is 8.01. The minimum atomic E-state index is -1.14. The van der Waals surface area contributed by atoms with Gasteiger partial charge < -0.3 is 15.0 Å². The number of benzene rings is 3. The number of urea groups is 1. The zero-order valence-electron chi connectivity index (χ0n) is 22.9. The third-order valence-electron chi connectivity index (χ3n) is 7.56. The minimum Gasteiger partial charge on any atom is -0.497 e. The maximum Gasteiger partial charge on any atom is 0.323 e. The fourth-order valence-corrected chi connectivity index (χ4v) is 6.63. The summed E-state index contributed by atoms with van der Waals surface area (Å²) in [4.78, 5) is 30.4. The van der Waals surface area contributed by atoms with E-state index in [1.165, 1.54) is 17.3 Å². The molecule has 2 aliphatic heterocycles. The quantitative estimate of drug-likeness (QED) is 0.414. The Kier molecular flexibility index (Phi) is 6.68. The van der Waals surface area contributed by atoms with E-state index < -0.39 is 4.87 Å². The molecule has 7 heteroatoms. The molecule has 3 aromatic carbocycles. The molecule has 5 rings (SSSR count). The molecule has 0 bridgehead atoms. The molecular formula is C31H35N3O3S. The Morgan fingerprint density at radius 3 is 2.42 bits per heavy atom. The fraction of sp³-hybridized carbons (Fsp3) is 0.355. The van der Waals surface area contributed by atoms with Gasteiger partial charge in [0.25, 0.3) is 5.91 Å². The number of thioether (sulfide) groups is 1. The molecule has 0 radical (unpaired) electrons. The molecule has 198 valence electrons. The van der Waals surface area contributed by atoms with E-state index in [9.17, 15) is 9.59 Å². The Labute approximate surface area is 229 Å². The predicted octanol–water partition coefficient (Wildman–Crippen LogP) is 6.59. The lowest BCUT2D eigenvalue weighted by molar-refractivity contribution is -0.123. The summed E-state index contributed by atoms with van der Waals surface area (Å²) in [6.45, 7) is 11.5. The van der Waals surface area contributed by atoms with E-state index in [1.54, 1.807) is 12.0 Å². The highest BCUT2D eigenvalue weighted by Crippen LogP contribution is 2.55. The number of fused-ring (bicyclic) bond motifs is 2. The number of hydrogen-bond acceptors (Lipinski definition) is 4. The zero-order valence-corrected chi connectivity index (χ0v) is 23.7. The number of hydrogen-bond donors (Lipinski definition) is 1. The van der Waals surface area contributed by atoms with Gasteiger partial charge in [-0.25, -0.2) is 4.79 Å². The van der Waals surface area contributed by atoms with Crippen LogP contribution in [-0.4, -0.2) is 36.2 Å². The highest BCUT2D eigenvalue weighted by atomic mass is 32.2. The van der Waals surface area contributed by atoms with Crippen molar-refractivity contribution in [2.24, 2.45) is 0 Å². The summed E-state index contributed by atoms with van der Waals surface area (Å²) in [5.41, 5.74) is 6.94. The van der Waals surface area contributed by atoms with Crippen LogP contribution in [0, 0.1) is 13.8 Å². The van der Waals surface area contributed by atoms with Crippen molar-refractivity contribution in [2.75, 3.05) is 29.6 Å². The molecule has 1 atom stereocenters. The third-order valence-corrected chi connectivity index (χ3v) is 8.98. The van der Waals surface area contributed by atoms with E-state index in [0.717, 1.165) is 33.6 Å². The van der Waals surface area contributed by atoms with E-state index in [-0.39, 0.29) is 17.4 Å². The van der Waals surface area contributed by atoms with Gasteiger partial charge in [0.05, 0.1) is 19.3 Å². The van der Waals surface area contributed by atoms with Gasteiger partial charge in [0.15, 0.2) is 4.87 Å². The number of aryl methyl sites for hydroxylation is 2. The first-order valence-electron chi connectivity index (χ1n) is 12.9. The summed E-state index contributed by atoms with van der Waals surface area (Å²) in [5.74, 6) is 1.23. The van der Waals surface area contributed by atoms with Crippen molar-refractivity contribution < 1.29 is 14.3 Å². The van der Waals surface area contributed by atoms with Crippen LogP contribution in [0.1, 0.15) is 48.6 Å². The summed E-state index contributed by atoms with van der Waals surface area (Å²) in [6, 6.07) is 19.7. The smallest absolute Gasteiger partial charge is 0.323 e. The maximum absolute atomic E-state index is 14.3. The number of nitrogens with one attached hydrogen (secondary N) is 1. The Morgan fingerprint density at radius 1 is 1.03 bits per heavy atom. The Hall–Kier alpha value is -3.45. The van der Waals surface area contributed by atoms with Gasteiger partial charge in [0.2, 0.25) is 0 Å². The Bertz CT molecular complexity index is 1400. The SMILES string of the molecule is COc1ccc2c(c1)C1(SCCN1C(=O)Nc1ccc(C)c(C)c1)C(=O)N2Cc1ccc(C(C)(C)C)cc1. The van der Waals surface area contributed by atoms with Crippen molar-refractivity contribution in [3.05, 3.63) is 88.5 Å². The predicted molar refractivity (Wildman–Crippen MR) is 155 cm³/mol. The number of anilines is 2. The maximum atomic E-state index is 14.3. The number of carbonyl (C=O) groups excluding carboxylic acids is 2. The van der Waals surface area contributed by atoms with Gasteiger partial charge in [-0.1, -0.05) is 51.1 Å². The second-order valence-corrected chi connectivity index (χ2v) is 12.4. The summed E-state index contributed by atoms with van der Waals surface area (Å²) in [5, 5.41) is 3.04. The molecular weight excluding hydrogens is 494 g/mol. The molecule has 0 aliphatic carbocycles. The van der Waals surface area contributed by atoms with Crippen LogP contribution in [0.3, 0.4) is 0 Å². The zero-order chi connectivity index (χ0) is 27.2. The third kappa shape index (κ3) is 4.43. The first kappa shape index (κ1) is 26.2. The van der Waals surface area contributed by atoms with Crippen LogP contribution in [0.2, 0.25) is 0 Å². The molecule has 0 aromatic heterocycles. The summed E-state index contributed by atoms with van der Waals surface area (Å²) in [6.07, 6.45) is 0. The standard InChI is InChI=1S/C31H35N3O3S/c1-20-7-12-24(17-21(20)2)32-29(36)34-15-16-38-31(34)26-18-25(37-6)13-14-27(26)33(28(31)35)19-22-8-10-23(11-9-22)30(3,4)5/h7-14,17-18H,15-16,19H2,1-6H3,(H,32,36). The number of rotatable bonds is 4. The van der Waals surface area contributed by atoms with Crippen LogP contribution < -0.4 is 15.0 Å². The lowest BCUT2D eigenvalue weighted by atomic mass is 9.87. The van der Waals surface area contributed by atoms with E-state index in [1.807, 2.05) is 55.1 Å². The van der Waals surface area contributed by atoms with Crippen LogP contribution in [0.4, 0.5) is 16.2 Å². The molecule has 6 nitrogen and oxygen atoms in total. The molecule has 2 aliphatic rings. The topological polar surface area (TPSA) is 61.9 Å². The van der Waals surface area contributed by atoms with Gasteiger partial charge in [-0.15, -0.1) is 11.8 Å². The Morgan fingerprint density at radius 2 is 1.76 bits per heavy atom.